The third-order valence-electron chi connectivity index (χ3n) is 3.89. The third-order valence-corrected chi connectivity index (χ3v) is 3.89. The fraction of sp³-hybridized carbons (Fsp3) is 0.250. The molecule has 1 N–H and O–H groups in total. The van der Waals surface area contributed by atoms with Crippen LogP contribution >= 0.6 is 0 Å². The molecule has 0 radical (unpaired) electrons. The summed E-state index contributed by atoms with van der Waals surface area (Å²) in [7, 11) is 0. The van der Waals surface area contributed by atoms with Crippen molar-refractivity contribution in [3.8, 4) is 0 Å². The van der Waals surface area contributed by atoms with Gasteiger partial charge in [0.15, 0.2) is 0 Å². The predicted octanol–water partition coefficient (Wildman–Crippen LogP) is 3.36. The molecule has 2 aromatic carbocycles. The zero-order chi connectivity index (χ0) is 16.8. The Kier molecular flexibility index (Phi) is 5.41. The number of rotatable bonds is 7. The minimum Gasteiger partial charge on any atom is -0.389 e. The Morgan fingerprint density at radius 3 is 2.38 bits per heavy atom. The second-order valence-electron chi connectivity index (χ2n) is 5.92. The van der Waals surface area contributed by atoms with Gasteiger partial charge in [-0.2, -0.15) is 5.10 Å². The molecule has 0 amide bonds. The highest BCUT2D eigenvalue weighted by atomic mass is 16.5. The first kappa shape index (κ1) is 16.4. The average molecular weight is 322 g/mol. The van der Waals surface area contributed by atoms with Gasteiger partial charge < -0.3 is 9.84 Å². The van der Waals surface area contributed by atoms with Gasteiger partial charge in [-0.1, -0.05) is 60.2 Å². The Labute approximate surface area is 142 Å². The van der Waals surface area contributed by atoms with Gasteiger partial charge in [-0.15, -0.1) is 0 Å². The van der Waals surface area contributed by atoms with Crippen molar-refractivity contribution in [2.24, 2.45) is 0 Å². The van der Waals surface area contributed by atoms with E-state index in [9.17, 15) is 5.11 Å². The van der Waals surface area contributed by atoms with Gasteiger partial charge >= 0.3 is 0 Å². The topological polar surface area (TPSA) is 47.3 Å². The van der Waals surface area contributed by atoms with Crippen LogP contribution in [0, 0.1) is 6.92 Å². The molecule has 0 saturated carbocycles. The van der Waals surface area contributed by atoms with Crippen LogP contribution in [0.15, 0.2) is 73.1 Å². The lowest BCUT2D eigenvalue weighted by atomic mass is 10.0. The lowest BCUT2D eigenvalue weighted by molar-refractivity contribution is -0.00189. The number of benzene rings is 2. The SMILES string of the molecule is Cc1ccc(C(OCC(O)Cn2cccn2)c2ccccc2)cc1. The molecule has 0 aliphatic rings. The Balaban J connectivity index is 1.71. The highest BCUT2D eigenvalue weighted by molar-refractivity contribution is 5.31. The van der Waals surface area contributed by atoms with Crippen molar-refractivity contribution in [3.63, 3.8) is 0 Å². The van der Waals surface area contributed by atoms with Gasteiger partial charge in [0, 0.05) is 12.4 Å². The maximum absolute atomic E-state index is 10.2. The van der Waals surface area contributed by atoms with Gasteiger partial charge in [-0.3, -0.25) is 4.68 Å². The largest absolute Gasteiger partial charge is 0.389 e. The standard InChI is InChI=1S/C20H22N2O2/c1-16-8-10-18(11-9-16)20(17-6-3-2-4-7-17)24-15-19(23)14-22-13-5-12-21-22/h2-13,19-20,23H,14-15H2,1H3. The highest BCUT2D eigenvalue weighted by Gasteiger charge is 2.17. The van der Waals surface area contributed by atoms with E-state index in [1.54, 1.807) is 10.9 Å². The molecule has 24 heavy (non-hydrogen) atoms. The monoisotopic (exact) mass is 322 g/mol. The quantitative estimate of drug-likeness (QED) is 0.725. The van der Waals surface area contributed by atoms with E-state index in [2.05, 4.69) is 36.3 Å². The van der Waals surface area contributed by atoms with E-state index in [0.717, 1.165) is 11.1 Å². The van der Waals surface area contributed by atoms with Crippen LogP contribution in [0.25, 0.3) is 0 Å². The number of nitrogens with zero attached hydrogens (tertiary/aromatic N) is 2. The molecule has 0 spiro atoms. The number of aliphatic hydroxyl groups is 1. The van der Waals surface area contributed by atoms with Crippen LogP contribution in [0.2, 0.25) is 0 Å². The van der Waals surface area contributed by atoms with Crippen molar-refractivity contribution < 1.29 is 9.84 Å². The first-order valence-electron chi connectivity index (χ1n) is 8.11. The minimum absolute atomic E-state index is 0.195. The summed E-state index contributed by atoms with van der Waals surface area (Å²) in [6, 6.07) is 20.2. The first-order valence-corrected chi connectivity index (χ1v) is 8.11. The van der Waals surface area contributed by atoms with Gasteiger partial charge in [0.2, 0.25) is 0 Å². The molecule has 124 valence electrons. The van der Waals surface area contributed by atoms with E-state index in [1.165, 1.54) is 5.56 Å². The van der Waals surface area contributed by atoms with Crippen molar-refractivity contribution in [1.29, 1.82) is 0 Å². The molecular weight excluding hydrogens is 300 g/mol. The van der Waals surface area contributed by atoms with Gasteiger partial charge in [-0.25, -0.2) is 0 Å². The van der Waals surface area contributed by atoms with Crippen molar-refractivity contribution in [2.45, 2.75) is 25.7 Å². The molecule has 2 unspecified atom stereocenters. The van der Waals surface area contributed by atoms with Crippen LogP contribution in [0.1, 0.15) is 22.8 Å². The second-order valence-corrected chi connectivity index (χ2v) is 5.92. The molecule has 3 aromatic rings. The lowest BCUT2D eigenvalue weighted by Crippen LogP contribution is -2.23. The van der Waals surface area contributed by atoms with Crippen molar-refractivity contribution in [2.75, 3.05) is 6.61 Å². The van der Waals surface area contributed by atoms with E-state index >= 15 is 0 Å². The molecule has 0 bridgehead atoms. The van der Waals surface area contributed by atoms with Crippen LogP contribution in [-0.2, 0) is 11.3 Å². The summed E-state index contributed by atoms with van der Waals surface area (Å²) in [6.45, 7) is 2.73. The highest BCUT2D eigenvalue weighted by Crippen LogP contribution is 2.26. The fourth-order valence-corrected chi connectivity index (χ4v) is 2.64. The maximum atomic E-state index is 10.2. The molecular formula is C20H22N2O2. The van der Waals surface area contributed by atoms with E-state index in [1.807, 2.05) is 42.6 Å². The summed E-state index contributed by atoms with van der Waals surface area (Å²) < 4.78 is 7.78. The molecule has 0 fully saturated rings. The maximum Gasteiger partial charge on any atom is 0.108 e. The van der Waals surface area contributed by atoms with Gasteiger partial charge in [0.05, 0.1) is 19.3 Å². The van der Waals surface area contributed by atoms with Crippen LogP contribution in [-0.4, -0.2) is 27.6 Å². The Morgan fingerprint density at radius 2 is 1.71 bits per heavy atom. The summed E-state index contributed by atoms with van der Waals surface area (Å²) in [6.07, 6.45) is 2.73. The molecule has 4 heteroatoms. The first-order chi connectivity index (χ1) is 11.7. The Bertz CT molecular complexity index is 724. The summed E-state index contributed by atoms with van der Waals surface area (Å²) >= 11 is 0. The van der Waals surface area contributed by atoms with Crippen molar-refractivity contribution in [1.82, 2.24) is 9.78 Å². The van der Waals surface area contributed by atoms with Crippen molar-refractivity contribution in [3.05, 3.63) is 89.7 Å². The summed E-state index contributed by atoms with van der Waals surface area (Å²) in [4.78, 5) is 0. The fourth-order valence-electron chi connectivity index (χ4n) is 2.64. The van der Waals surface area contributed by atoms with Crippen LogP contribution in [0.4, 0.5) is 0 Å². The average Bonchev–Trinajstić information content (AvgIpc) is 3.10. The summed E-state index contributed by atoms with van der Waals surface area (Å²) in [5.41, 5.74) is 3.37. The number of ether oxygens (including phenoxy) is 1. The lowest BCUT2D eigenvalue weighted by Gasteiger charge is -2.21. The molecule has 3 rings (SSSR count). The van der Waals surface area contributed by atoms with E-state index < -0.39 is 6.10 Å². The molecule has 0 saturated heterocycles. The minimum atomic E-state index is -0.610. The van der Waals surface area contributed by atoms with E-state index in [-0.39, 0.29) is 12.7 Å². The number of aryl methyl sites for hydroxylation is 1. The Morgan fingerprint density at radius 1 is 1.00 bits per heavy atom. The molecule has 0 aliphatic carbocycles. The number of aliphatic hydroxyl groups excluding tert-OH is 1. The molecule has 0 aliphatic heterocycles. The van der Waals surface area contributed by atoms with Gasteiger partial charge in [0.25, 0.3) is 0 Å². The van der Waals surface area contributed by atoms with Crippen LogP contribution < -0.4 is 0 Å². The summed E-state index contributed by atoms with van der Waals surface area (Å²) in [5, 5.41) is 14.3. The predicted molar refractivity (Wildman–Crippen MR) is 93.6 cm³/mol. The number of hydrogen-bond acceptors (Lipinski definition) is 3. The second kappa shape index (κ2) is 7.90. The smallest absolute Gasteiger partial charge is 0.108 e. The van der Waals surface area contributed by atoms with Gasteiger partial charge in [-0.05, 0) is 24.1 Å². The third kappa shape index (κ3) is 4.31. The van der Waals surface area contributed by atoms with E-state index in [0.29, 0.717) is 6.54 Å². The van der Waals surface area contributed by atoms with Crippen LogP contribution in [0.5, 0.6) is 0 Å². The molecule has 2 atom stereocenters. The molecule has 1 aromatic heterocycles. The van der Waals surface area contributed by atoms with Crippen LogP contribution in [0.3, 0.4) is 0 Å². The zero-order valence-corrected chi connectivity index (χ0v) is 13.7. The van der Waals surface area contributed by atoms with Crippen molar-refractivity contribution >= 4 is 0 Å². The summed E-state index contributed by atoms with van der Waals surface area (Å²) in [5.74, 6) is 0. The zero-order valence-electron chi connectivity index (χ0n) is 13.7. The number of aromatic nitrogens is 2. The van der Waals surface area contributed by atoms with E-state index in [4.69, 9.17) is 4.74 Å². The molecule has 1 heterocycles. The Hall–Kier alpha value is -2.43. The number of hydrogen-bond donors (Lipinski definition) is 1. The molecule has 4 nitrogen and oxygen atoms in total. The normalized spacial score (nSPS) is 13.6. The van der Waals surface area contributed by atoms with Gasteiger partial charge in [0.1, 0.15) is 6.10 Å².